The van der Waals surface area contributed by atoms with E-state index in [9.17, 15) is 18.0 Å². The summed E-state index contributed by atoms with van der Waals surface area (Å²) in [5.41, 5.74) is 5.23. The van der Waals surface area contributed by atoms with Gasteiger partial charge in [-0.25, -0.2) is 13.2 Å². The Balaban J connectivity index is 2.11. The molecule has 8 nitrogen and oxygen atoms in total. The molecular weight excluding hydrogens is 336 g/mol. The molecule has 2 rings (SSSR count). The second kappa shape index (κ2) is 7.01. The number of aromatic carboxylic acids is 1. The van der Waals surface area contributed by atoms with Crippen LogP contribution >= 0.6 is 0 Å². The van der Waals surface area contributed by atoms with E-state index in [0.29, 0.717) is 5.75 Å². The minimum atomic E-state index is -3.85. The summed E-state index contributed by atoms with van der Waals surface area (Å²) in [6.07, 6.45) is 0. The van der Waals surface area contributed by atoms with Crippen molar-refractivity contribution in [1.29, 1.82) is 0 Å². The maximum atomic E-state index is 12.2. The van der Waals surface area contributed by atoms with E-state index >= 15 is 0 Å². The van der Waals surface area contributed by atoms with Crippen molar-refractivity contribution in [3.63, 3.8) is 0 Å². The normalized spacial score (nSPS) is 10.8. The Morgan fingerprint density at radius 2 is 1.62 bits per heavy atom. The Morgan fingerprint density at radius 1 is 1.04 bits per heavy atom. The zero-order valence-corrected chi connectivity index (χ0v) is 13.1. The number of hydrogen-bond acceptors (Lipinski definition) is 5. The van der Waals surface area contributed by atoms with Gasteiger partial charge in [0.25, 0.3) is 15.9 Å². The van der Waals surface area contributed by atoms with Gasteiger partial charge in [-0.1, -0.05) is 0 Å². The number of primary amides is 1. The fourth-order valence-electron chi connectivity index (χ4n) is 1.76. The molecule has 0 saturated heterocycles. The first-order valence-corrected chi connectivity index (χ1v) is 8.13. The van der Waals surface area contributed by atoms with E-state index in [4.69, 9.17) is 15.6 Å². The molecule has 0 unspecified atom stereocenters. The van der Waals surface area contributed by atoms with E-state index in [1.54, 1.807) is 0 Å². The number of carbonyl (C=O) groups excluding carboxylic acids is 1. The number of benzene rings is 2. The molecule has 0 spiro atoms. The van der Waals surface area contributed by atoms with Gasteiger partial charge in [-0.15, -0.1) is 0 Å². The van der Waals surface area contributed by atoms with Crippen LogP contribution in [0, 0.1) is 0 Å². The number of amides is 1. The van der Waals surface area contributed by atoms with Crippen LogP contribution < -0.4 is 15.2 Å². The highest BCUT2D eigenvalue weighted by Gasteiger charge is 2.15. The summed E-state index contributed by atoms with van der Waals surface area (Å²) in [5, 5.41) is 8.81. The molecule has 126 valence electrons. The fourth-order valence-corrected chi connectivity index (χ4v) is 2.82. The van der Waals surface area contributed by atoms with Crippen molar-refractivity contribution in [3.05, 3.63) is 54.1 Å². The zero-order valence-electron chi connectivity index (χ0n) is 12.3. The fraction of sp³-hybridized carbons (Fsp3) is 0.0667. The molecule has 0 aliphatic carbocycles. The SMILES string of the molecule is NC(=O)COc1ccc(NS(=O)(=O)c2ccc(C(=O)O)cc2)cc1. The van der Waals surface area contributed by atoms with E-state index in [2.05, 4.69) is 4.72 Å². The van der Waals surface area contributed by atoms with Crippen LogP contribution in [0.1, 0.15) is 10.4 Å². The molecule has 9 heteroatoms. The summed E-state index contributed by atoms with van der Waals surface area (Å²) in [6.45, 7) is -0.277. The van der Waals surface area contributed by atoms with E-state index in [1.165, 1.54) is 48.5 Å². The van der Waals surface area contributed by atoms with Crippen molar-refractivity contribution in [3.8, 4) is 5.75 Å². The molecule has 0 saturated carbocycles. The van der Waals surface area contributed by atoms with Crippen LogP contribution in [0.4, 0.5) is 5.69 Å². The number of carbonyl (C=O) groups is 2. The Hall–Kier alpha value is -3.07. The number of rotatable bonds is 7. The van der Waals surface area contributed by atoms with Gasteiger partial charge in [0.05, 0.1) is 10.5 Å². The summed E-state index contributed by atoms with van der Waals surface area (Å²) in [7, 11) is -3.85. The van der Waals surface area contributed by atoms with Crippen LogP contribution in [0.3, 0.4) is 0 Å². The van der Waals surface area contributed by atoms with Crippen LogP contribution in [-0.2, 0) is 14.8 Å². The lowest BCUT2D eigenvalue weighted by Gasteiger charge is -2.09. The molecule has 0 radical (unpaired) electrons. The molecule has 0 bridgehead atoms. The summed E-state index contributed by atoms with van der Waals surface area (Å²) in [6, 6.07) is 10.7. The molecule has 0 aromatic heterocycles. The monoisotopic (exact) mass is 350 g/mol. The maximum absolute atomic E-state index is 12.2. The van der Waals surface area contributed by atoms with E-state index in [-0.39, 0.29) is 22.8 Å². The topological polar surface area (TPSA) is 136 Å². The number of nitrogens with two attached hydrogens (primary N) is 1. The lowest BCUT2D eigenvalue weighted by Crippen LogP contribution is -2.20. The molecule has 2 aromatic rings. The van der Waals surface area contributed by atoms with E-state index in [0.717, 1.165) is 0 Å². The number of carboxylic acid groups (broad SMARTS) is 1. The number of anilines is 1. The summed E-state index contributed by atoms with van der Waals surface area (Å²) in [5.74, 6) is -1.40. The lowest BCUT2D eigenvalue weighted by atomic mass is 10.2. The van der Waals surface area contributed by atoms with Gasteiger partial charge in [-0.05, 0) is 48.5 Å². The average molecular weight is 350 g/mol. The third-order valence-electron chi connectivity index (χ3n) is 2.90. The highest BCUT2D eigenvalue weighted by atomic mass is 32.2. The van der Waals surface area contributed by atoms with E-state index < -0.39 is 21.9 Å². The Labute approximate surface area is 137 Å². The molecule has 0 fully saturated rings. The number of carboxylic acids is 1. The molecule has 24 heavy (non-hydrogen) atoms. The molecule has 0 aliphatic heterocycles. The van der Waals surface area contributed by atoms with Crippen molar-refractivity contribution in [2.24, 2.45) is 5.73 Å². The quantitative estimate of drug-likeness (QED) is 0.683. The van der Waals surface area contributed by atoms with Crippen molar-refractivity contribution < 1.29 is 27.9 Å². The van der Waals surface area contributed by atoms with Crippen molar-refractivity contribution >= 4 is 27.6 Å². The Kier molecular flexibility index (Phi) is 5.05. The third-order valence-corrected chi connectivity index (χ3v) is 4.30. The second-order valence-corrected chi connectivity index (χ2v) is 6.40. The number of sulfonamides is 1. The average Bonchev–Trinajstić information content (AvgIpc) is 2.54. The van der Waals surface area contributed by atoms with Gasteiger partial charge in [0.1, 0.15) is 5.75 Å². The summed E-state index contributed by atoms with van der Waals surface area (Å²) < 4.78 is 31.9. The number of hydrogen-bond donors (Lipinski definition) is 3. The summed E-state index contributed by atoms with van der Waals surface area (Å²) in [4.78, 5) is 21.3. The van der Waals surface area contributed by atoms with Crippen molar-refractivity contribution in [1.82, 2.24) is 0 Å². The van der Waals surface area contributed by atoms with Gasteiger partial charge in [0, 0.05) is 5.69 Å². The molecular formula is C15H14N2O6S. The predicted molar refractivity (Wildman–Crippen MR) is 85.3 cm³/mol. The van der Waals surface area contributed by atoms with Crippen molar-refractivity contribution in [2.75, 3.05) is 11.3 Å². The Bertz CT molecular complexity index is 845. The van der Waals surface area contributed by atoms with Crippen LogP contribution in [0.5, 0.6) is 5.75 Å². The van der Waals surface area contributed by atoms with Crippen LogP contribution in [-0.4, -0.2) is 32.0 Å². The lowest BCUT2D eigenvalue weighted by molar-refractivity contribution is -0.119. The van der Waals surface area contributed by atoms with Gasteiger partial charge in [0.15, 0.2) is 6.61 Å². The van der Waals surface area contributed by atoms with Gasteiger partial charge in [-0.3, -0.25) is 9.52 Å². The molecule has 0 aliphatic rings. The first kappa shape index (κ1) is 17.3. The third kappa shape index (κ3) is 4.46. The van der Waals surface area contributed by atoms with Gasteiger partial charge >= 0.3 is 5.97 Å². The molecule has 4 N–H and O–H groups in total. The second-order valence-electron chi connectivity index (χ2n) is 4.71. The molecule has 0 atom stereocenters. The molecule has 2 aromatic carbocycles. The van der Waals surface area contributed by atoms with Crippen LogP contribution in [0.2, 0.25) is 0 Å². The Morgan fingerprint density at radius 3 is 2.12 bits per heavy atom. The molecule has 0 heterocycles. The first-order chi connectivity index (χ1) is 11.3. The maximum Gasteiger partial charge on any atom is 0.335 e. The van der Waals surface area contributed by atoms with Gasteiger partial charge in [0.2, 0.25) is 0 Å². The zero-order chi connectivity index (χ0) is 17.7. The van der Waals surface area contributed by atoms with Crippen LogP contribution in [0.25, 0.3) is 0 Å². The van der Waals surface area contributed by atoms with E-state index in [1.807, 2.05) is 0 Å². The minimum absolute atomic E-state index is 0.00935. The standard InChI is InChI=1S/C15H14N2O6S/c16-14(18)9-23-12-5-3-11(4-6-12)17-24(21,22)13-7-1-10(2-8-13)15(19)20/h1-8,17H,9H2,(H2,16,18)(H,19,20). The number of ether oxygens (including phenoxy) is 1. The molecule has 1 amide bonds. The smallest absolute Gasteiger partial charge is 0.335 e. The van der Waals surface area contributed by atoms with Crippen LogP contribution in [0.15, 0.2) is 53.4 Å². The van der Waals surface area contributed by atoms with Crippen molar-refractivity contribution in [2.45, 2.75) is 4.90 Å². The minimum Gasteiger partial charge on any atom is -0.484 e. The first-order valence-electron chi connectivity index (χ1n) is 6.65. The van der Waals surface area contributed by atoms with Gasteiger partial charge < -0.3 is 15.6 Å². The van der Waals surface area contributed by atoms with Gasteiger partial charge in [-0.2, -0.15) is 0 Å². The highest BCUT2D eigenvalue weighted by molar-refractivity contribution is 7.92. The predicted octanol–water partition coefficient (Wildman–Crippen LogP) is 1.05. The highest BCUT2D eigenvalue weighted by Crippen LogP contribution is 2.20. The largest absolute Gasteiger partial charge is 0.484 e. The number of nitrogens with one attached hydrogen (secondary N) is 1. The summed E-state index contributed by atoms with van der Waals surface area (Å²) >= 11 is 0.